The fraction of sp³-hybridized carbons (Fsp3) is 0.212. The van der Waals surface area contributed by atoms with E-state index in [4.69, 9.17) is 11.6 Å². The van der Waals surface area contributed by atoms with Gasteiger partial charge in [-0.15, -0.1) is 0 Å². The first-order chi connectivity index (χ1) is 20.6. The molecule has 10 heteroatoms. The second kappa shape index (κ2) is 14.7. The van der Waals surface area contributed by atoms with Gasteiger partial charge in [-0.1, -0.05) is 87.7 Å². The number of likely N-dealkylation sites (N-methyl/N-ethyl adjacent to an activating group) is 1. The van der Waals surface area contributed by atoms with Gasteiger partial charge < -0.3 is 10.2 Å². The predicted molar refractivity (Wildman–Crippen MR) is 174 cm³/mol. The standard InChI is InChI=1S/C33H33BrClN3O4S/c1-3-36-33(40)31(21-25-8-5-4-6-9-25)37(22-26-10-7-11-27(34)20-26)32(39)23-38(29-16-14-28(35)15-17-29)43(41,42)30-18-12-24(2)13-19-30/h4-20,31H,3,21-23H2,1-2H3,(H,36,40)/t31-/m0/s1. The van der Waals surface area contributed by atoms with E-state index in [1.807, 2.05) is 68.4 Å². The Hall–Kier alpha value is -3.66. The highest BCUT2D eigenvalue weighted by atomic mass is 79.9. The Labute approximate surface area is 266 Å². The molecule has 0 saturated heterocycles. The molecule has 1 atom stereocenters. The van der Waals surface area contributed by atoms with Gasteiger partial charge >= 0.3 is 0 Å². The number of hydrogen-bond donors (Lipinski definition) is 1. The molecule has 7 nitrogen and oxygen atoms in total. The molecule has 2 amide bonds. The van der Waals surface area contributed by atoms with Gasteiger partial charge in [-0.05, 0) is 73.5 Å². The Morgan fingerprint density at radius 2 is 1.53 bits per heavy atom. The lowest BCUT2D eigenvalue weighted by molar-refractivity contribution is -0.140. The third kappa shape index (κ3) is 8.46. The first-order valence-electron chi connectivity index (χ1n) is 13.8. The van der Waals surface area contributed by atoms with Gasteiger partial charge in [-0.3, -0.25) is 13.9 Å². The quantitative estimate of drug-likeness (QED) is 0.188. The van der Waals surface area contributed by atoms with Crippen LogP contribution in [0.1, 0.15) is 23.6 Å². The van der Waals surface area contributed by atoms with E-state index < -0.39 is 28.5 Å². The number of halogens is 2. The van der Waals surface area contributed by atoms with Crippen molar-refractivity contribution in [2.24, 2.45) is 0 Å². The summed E-state index contributed by atoms with van der Waals surface area (Å²) in [7, 11) is -4.17. The highest BCUT2D eigenvalue weighted by molar-refractivity contribution is 9.10. The summed E-state index contributed by atoms with van der Waals surface area (Å²) >= 11 is 9.60. The topological polar surface area (TPSA) is 86.8 Å². The van der Waals surface area contributed by atoms with Gasteiger partial charge in [0.2, 0.25) is 11.8 Å². The van der Waals surface area contributed by atoms with Crippen LogP contribution in [0.25, 0.3) is 0 Å². The van der Waals surface area contributed by atoms with Crippen molar-refractivity contribution in [2.75, 3.05) is 17.4 Å². The molecule has 0 aliphatic carbocycles. The first kappa shape index (κ1) is 32.3. The molecule has 224 valence electrons. The van der Waals surface area contributed by atoms with Gasteiger partial charge in [0.1, 0.15) is 12.6 Å². The summed E-state index contributed by atoms with van der Waals surface area (Å²) in [6.07, 6.45) is 0.248. The molecule has 0 fully saturated rings. The molecule has 0 spiro atoms. The Morgan fingerprint density at radius 1 is 0.884 bits per heavy atom. The average Bonchev–Trinajstić information content (AvgIpc) is 2.99. The van der Waals surface area contributed by atoms with Gasteiger partial charge in [0.15, 0.2) is 0 Å². The van der Waals surface area contributed by atoms with Crippen molar-refractivity contribution < 1.29 is 18.0 Å². The van der Waals surface area contributed by atoms with Gasteiger partial charge in [-0.2, -0.15) is 0 Å². The van der Waals surface area contributed by atoms with E-state index in [9.17, 15) is 18.0 Å². The van der Waals surface area contributed by atoms with Crippen LogP contribution in [0, 0.1) is 6.92 Å². The van der Waals surface area contributed by atoms with Crippen molar-refractivity contribution in [3.63, 3.8) is 0 Å². The van der Waals surface area contributed by atoms with E-state index >= 15 is 0 Å². The average molecular weight is 683 g/mol. The predicted octanol–water partition coefficient (Wildman–Crippen LogP) is 6.38. The summed E-state index contributed by atoms with van der Waals surface area (Å²) in [4.78, 5) is 29.4. The lowest BCUT2D eigenvalue weighted by Crippen LogP contribution is -2.53. The molecule has 0 heterocycles. The van der Waals surface area contributed by atoms with Gasteiger partial charge in [-0.25, -0.2) is 8.42 Å². The summed E-state index contributed by atoms with van der Waals surface area (Å²) in [5, 5.41) is 3.29. The molecule has 0 saturated carbocycles. The minimum Gasteiger partial charge on any atom is -0.355 e. The van der Waals surface area contributed by atoms with Crippen LogP contribution in [-0.2, 0) is 32.6 Å². The summed E-state index contributed by atoms with van der Waals surface area (Å²) in [6, 6.07) is 28.7. The highest BCUT2D eigenvalue weighted by Crippen LogP contribution is 2.27. The van der Waals surface area contributed by atoms with Crippen LogP contribution in [0.5, 0.6) is 0 Å². The highest BCUT2D eigenvalue weighted by Gasteiger charge is 2.34. The van der Waals surface area contributed by atoms with Crippen molar-refractivity contribution in [1.29, 1.82) is 0 Å². The van der Waals surface area contributed by atoms with Crippen molar-refractivity contribution in [2.45, 2.75) is 37.8 Å². The van der Waals surface area contributed by atoms with E-state index in [1.165, 1.54) is 17.0 Å². The minimum atomic E-state index is -4.17. The lowest BCUT2D eigenvalue weighted by Gasteiger charge is -2.34. The Balaban J connectivity index is 1.79. The number of carbonyl (C=O) groups is 2. The molecule has 0 aliphatic heterocycles. The molecular weight excluding hydrogens is 650 g/mol. The minimum absolute atomic E-state index is 0.0453. The zero-order valence-corrected chi connectivity index (χ0v) is 27.1. The Kier molecular flexibility index (Phi) is 11.0. The van der Waals surface area contributed by atoms with Crippen molar-refractivity contribution in [1.82, 2.24) is 10.2 Å². The van der Waals surface area contributed by atoms with Crippen LogP contribution >= 0.6 is 27.5 Å². The lowest BCUT2D eigenvalue weighted by atomic mass is 10.0. The molecule has 0 aromatic heterocycles. The Bertz CT molecular complexity index is 1650. The molecule has 43 heavy (non-hydrogen) atoms. The van der Waals surface area contributed by atoms with Crippen LogP contribution in [0.15, 0.2) is 112 Å². The second-order valence-corrected chi connectivity index (χ2v) is 13.3. The molecule has 4 aromatic carbocycles. The number of benzene rings is 4. The number of sulfonamides is 1. The molecule has 0 bridgehead atoms. The largest absolute Gasteiger partial charge is 0.355 e. The number of rotatable bonds is 12. The number of hydrogen-bond acceptors (Lipinski definition) is 4. The van der Waals surface area contributed by atoms with Crippen LogP contribution in [0.2, 0.25) is 5.02 Å². The van der Waals surface area contributed by atoms with E-state index in [0.717, 1.165) is 25.5 Å². The number of aryl methyl sites for hydroxylation is 1. The van der Waals surface area contributed by atoms with Crippen LogP contribution in [-0.4, -0.2) is 44.3 Å². The molecular formula is C33H33BrClN3O4S. The fourth-order valence-corrected chi connectivity index (χ4v) is 6.64. The maximum Gasteiger partial charge on any atom is 0.264 e. The zero-order valence-electron chi connectivity index (χ0n) is 23.9. The van der Waals surface area contributed by atoms with Crippen LogP contribution < -0.4 is 9.62 Å². The third-order valence-corrected chi connectivity index (χ3v) is 9.40. The van der Waals surface area contributed by atoms with E-state index in [-0.39, 0.29) is 29.5 Å². The molecule has 4 aromatic rings. The van der Waals surface area contributed by atoms with Crippen LogP contribution in [0.3, 0.4) is 0 Å². The first-order valence-corrected chi connectivity index (χ1v) is 16.4. The summed E-state index contributed by atoms with van der Waals surface area (Å²) < 4.78 is 29.9. The van der Waals surface area contributed by atoms with E-state index in [0.29, 0.717) is 11.6 Å². The number of nitrogens with zero attached hydrogens (tertiary/aromatic N) is 2. The van der Waals surface area contributed by atoms with Crippen molar-refractivity contribution in [3.8, 4) is 0 Å². The zero-order chi connectivity index (χ0) is 31.0. The molecule has 1 N–H and O–H groups in total. The third-order valence-electron chi connectivity index (χ3n) is 6.87. The van der Waals surface area contributed by atoms with Gasteiger partial charge in [0.05, 0.1) is 10.6 Å². The van der Waals surface area contributed by atoms with E-state index in [1.54, 1.807) is 36.4 Å². The number of nitrogens with one attached hydrogen (secondary N) is 1. The van der Waals surface area contributed by atoms with Gasteiger partial charge in [0, 0.05) is 29.0 Å². The SMILES string of the molecule is CCNC(=O)[C@H](Cc1ccccc1)N(Cc1cccc(Br)c1)C(=O)CN(c1ccc(Cl)cc1)S(=O)(=O)c1ccc(C)cc1. The number of amides is 2. The molecule has 0 aliphatic rings. The van der Waals surface area contributed by atoms with Crippen molar-refractivity contribution in [3.05, 3.63) is 129 Å². The van der Waals surface area contributed by atoms with E-state index in [2.05, 4.69) is 21.2 Å². The second-order valence-electron chi connectivity index (χ2n) is 10.1. The Morgan fingerprint density at radius 3 is 2.16 bits per heavy atom. The van der Waals surface area contributed by atoms with Gasteiger partial charge in [0.25, 0.3) is 10.0 Å². The molecule has 0 unspecified atom stereocenters. The molecule has 4 rings (SSSR count). The normalized spacial score (nSPS) is 11.9. The van der Waals surface area contributed by atoms with Crippen LogP contribution in [0.4, 0.5) is 5.69 Å². The molecule has 0 radical (unpaired) electrons. The summed E-state index contributed by atoms with van der Waals surface area (Å²) in [6.45, 7) is 3.61. The summed E-state index contributed by atoms with van der Waals surface area (Å²) in [5.74, 6) is -0.855. The number of anilines is 1. The fourth-order valence-electron chi connectivity index (χ4n) is 4.65. The van der Waals surface area contributed by atoms with Crippen molar-refractivity contribution >= 4 is 55.1 Å². The smallest absolute Gasteiger partial charge is 0.264 e. The maximum atomic E-state index is 14.4. The number of carbonyl (C=O) groups excluding carboxylic acids is 2. The maximum absolute atomic E-state index is 14.4. The monoisotopic (exact) mass is 681 g/mol. The summed E-state index contributed by atoms with van der Waals surface area (Å²) in [5.41, 5.74) is 2.83.